The van der Waals surface area contributed by atoms with Crippen LogP contribution in [0, 0.1) is 0 Å². The lowest BCUT2D eigenvalue weighted by molar-refractivity contribution is 0.197. The number of rotatable bonds is 5. The largest absolute Gasteiger partial charge is 0.492 e. The van der Waals surface area contributed by atoms with Gasteiger partial charge in [0.2, 0.25) is 0 Å². The number of nitrogens with zero attached hydrogens (tertiary/aromatic N) is 1. The van der Waals surface area contributed by atoms with Gasteiger partial charge in [-0.1, -0.05) is 36.4 Å². The lowest BCUT2D eigenvalue weighted by Gasteiger charge is -2.24. The molecule has 0 spiro atoms. The van der Waals surface area contributed by atoms with E-state index in [4.69, 9.17) is 10.5 Å². The monoisotopic (exact) mass is 282 g/mol. The van der Waals surface area contributed by atoms with Gasteiger partial charge in [-0.15, -0.1) is 0 Å². The fourth-order valence-electron chi connectivity index (χ4n) is 3.03. The van der Waals surface area contributed by atoms with E-state index in [9.17, 15) is 0 Å². The zero-order valence-corrected chi connectivity index (χ0v) is 12.2. The highest BCUT2D eigenvalue weighted by Crippen LogP contribution is 2.31. The maximum absolute atomic E-state index is 5.81. The van der Waals surface area contributed by atoms with Crippen molar-refractivity contribution in [3.63, 3.8) is 0 Å². The van der Waals surface area contributed by atoms with E-state index in [1.54, 1.807) is 0 Å². The van der Waals surface area contributed by atoms with Crippen LogP contribution in [0.1, 0.15) is 24.4 Å². The summed E-state index contributed by atoms with van der Waals surface area (Å²) >= 11 is 0. The summed E-state index contributed by atoms with van der Waals surface area (Å²) in [5.41, 5.74) is 7.92. The summed E-state index contributed by atoms with van der Waals surface area (Å²) in [6.07, 6.45) is 2.50. The fraction of sp³-hybridized carbons (Fsp3) is 0.333. The molecule has 2 N–H and O–H groups in total. The summed E-state index contributed by atoms with van der Waals surface area (Å²) in [6.45, 7) is 2.81. The zero-order valence-electron chi connectivity index (χ0n) is 12.2. The molecule has 3 nitrogen and oxygen atoms in total. The maximum atomic E-state index is 5.81. The quantitative estimate of drug-likeness (QED) is 0.853. The van der Waals surface area contributed by atoms with Crippen LogP contribution in [0.15, 0.2) is 54.6 Å². The third-order valence-electron chi connectivity index (χ3n) is 4.05. The first-order valence-electron chi connectivity index (χ1n) is 7.60. The molecule has 1 aliphatic heterocycles. The number of benzene rings is 2. The summed E-state index contributed by atoms with van der Waals surface area (Å²) in [4.78, 5) is 2.52. The Balaban J connectivity index is 1.55. The van der Waals surface area contributed by atoms with Crippen LogP contribution in [0.25, 0.3) is 0 Å². The van der Waals surface area contributed by atoms with Gasteiger partial charge in [0.1, 0.15) is 12.4 Å². The van der Waals surface area contributed by atoms with Crippen LogP contribution in [-0.2, 0) is 0 Å². The Kier molecular flexibility index (Phi) is 4.41. The summed E-state index contributed by atoms with van der Waals surface area (Å²) in [5.74, 6) is 0.852. The first-order valence-corrected chi connectivity index (χ1v) is 7.60. The molecular weight excluding hydrogens is 260 g/mol. The van der Waals surface area contributed by atoms with Gasteiger partial charge in [0, 0.05) is 24.3 Å². The van der Waals surface area contributed by atoms with E-state index in [0.29, 0.717) is 12.6 Å². The van der Waals surface area contributed by atoms with Crippen molar-refractivity contribution in [3.8, 4) is 5.75 Å². The molecule has 110 valence electrons. The van der Waals surface area contributed by atoms with Gasteiger partial charge in [-0.25, -0.2) is 0 Å². The number of nitrogens with two attached hydrogens (primary N) is 1. The van der Waals surface area contributed by atoms with Gasteiger partial charge in [-0.2, -0.15) is 0 Å². The van der Waals surface area contributed by atoms with Crippen molar-refractivity contribution in [2.75, 3.05) is 25.4 Å². The summed E-state index contributed by atoms with van der Waals surface area (Å²) < 4.78 is 5.81. The summed E-state index contributed by atoms with van der Waals surface area (Å²) in [7, 11) is 0. The maximum Gasteiger partial charge on any atom is 0.121 e. The van der Waals surface area contributed by atoms with Gasteiger partial charge in [0.05, 0.1) is 0 Å². The average molecular weight is 282 g/mol. The molecule has 1 saturated heterocycles. The molecule has 0 bridgehead atoms. The molecule has 2 aromatic carbocycles. The van der Waals surface area contributed by atoms with E-state index in [0.717, 1.165) is 24.5 Å². The number of hydrogen-bond donors (Lipinski definition) is 1. The molecule has 0 radical (unpaired) electrons. The van der Waals surface area contributed by atoms with Crippen LogP contribution in [0.3, 0.4) is 0 Å². The lowest BCUT2D eigenvalue weighted by atomic mass is 10.0. The number of ether oxygens (including phenoxy) is 1. The second kappa shape index (κ2) is 6.64. The van der Waals surface area contributed by atoms with Gasteiger partial charge in [-0.05, 0) is 37.1 Å². The second-order valence-corrected chi connectivity index (χ2v) is 5.53. The van der Waals surface area contributed by atoms with Crippen LogP contribution < -0.4 is 10.5 Å². The van der Waals surface area contributed by atoms with Crippen LogP contribution in [0.5, 0.6) is 5.75 Å². The van der Waals surface area contributed by atoms with E-state index in [1.807, 2.05) is 24.3 Å². The number of likely N-dealkylation sites (tertiary alicyclic amines) is 1. The number of hydrogen-bond acceptors (Lipinski definition) is 3. The Morgan fingerprint density at radius 1 is 1.10 bits per heavy atom. The average Bonchev–Trinajstić information content (AvgIpc) is 2.97. The summed E-state index contributed by atoms with van der Waals surface area (Å²) in [6, 6.07) is 18.9. The second-order valence-electron chi connectivity index (χ2n) is 5.53. The Hall–Kier alpha value is -2.00. The molecule has 1 heterocycles. The molecule has 2 aromatic rings. The van der Waals surface area contributed by atoms with Crippen molar-refractivity contribution in [2.45, 2.75) is 18.9 Å². The molecule has 1 aliphatic rings. The molecule has 1 atom stereocenters. The fourth-order valence-corrected chi connectivity index (χ4v) is 3.03. The van der Waals surface area contributed by atoms with E-state index in [1.165, 1.54) is 18.4 Å². The predicted molar refractivity (Wildman–Crippen MR) is 86.3 cm³/mol. The predicted octanol–water partition coefficient (Wildman–Crippen LogP) is 3.48. The highest BCUT2D eigenvalue weighted by molar-refractivity contribution is 5.43. The van der Waals surface area contributed by atoms with Crippen molar-refractivity contribution < 1.29 is 4.74 Å². The van der Waals surface area contributed by atoms with Gasteiger partial charge in [0.25, 0.3) is 0 Å². The molecule has 0 amide bonds. The minimum Gasteiger partial charge on any atom is -0.492 e. The zero-order chi connectivity index (χ0) is 14.5. The molecule has 0 saturated carbocycles. The van der Waals surface area contributed by atoms with Gasteiger partial charge < -0.3 is 10.5 Å². The van der Waals surface area contributed by atoms with E-state index >= 15 is 0 Å². The SMILES string of the molecule is Nc1cccc(OCCN2CCCC2c2ccccc2)c1. The lowest BCUT2D eigenvalue weighted by Crippen LogP contribution is -2.28. The van der Waals surface area contributed by atoms with Crippen molar-refractivity contribution in [1.82, 2.24) is 4.90 Å². The van der Waals surface area contributed by atoms with Crippen LogP contribution in [0.4, 0.5) is 5.69 Å². The van der Waals surface area contributed by atoms with E-state index < -0.39 is 0 Å². The first kappa shape index (κ1) is 14.0. The molecular formula is C18H22N2O. The van der Waals surface area contributed by atoms with Crippen LogP contribution in [-0.4, -0.2) is 24.6 Å². The Labute approximate surface area is 126 Å². The van der Waals surface area contributed by atoms with Crippen molar-refractivity contribution >= 4 is 5.69 Å². The van der Waals surface area contributed by atoms with Crippen molar-refractivity contribution in [1.29, 1.82) is 0 Å². The van der Waals surface area contributed by atoms with Crippen LogP contribution >= 0.6 is 0 Å². The number of nitrogen functional groups attached to an aromatic ring is 1. The highest BCUT2D eigenvalue weighted by Gasteiger charge is 2.25. The molecule has 0 aromatic heterocycles. The number of anilines is 1. The normalized spacial score (nSPS) is 18.8. The van der Waals surface area contributed by atoms with E-state index in [2.05, 4.69) is 35.2 Å². The van der Waals surface area contributed by atoms with Gasteiger partial charge in [-0.3, -0.25) is 4.90 Å². The standard InChI is InChI=1S/C18H22N2O/c19-16-8-4-9-17(14-16)21-13-12-20-11-5-10-18(20)15-6-2-1-3-7-15/h1-4,6-9,14,18H,5,10-13,19H2. The third kappa shape index (κ3) is 3.56. The van der Waals surface area contributed by atoms with Crippen molar-refractivity contribution in [2.24, 2.45) is 0 Å². The molecule has 0 aliphatic carbocycles. The minimum absolute atomic E-state index is 0.538. The molecule has 1 unspecified atom stereocenters. The summed E-state index contributed by atoms with van der Waals surface area (Å²) in [5, 5.41) is 0. The third-order valence-corrected chi connectivity index (χ3v) is 4.05. The highest BCUT2D eigenvalue weighted by atomic mass is 16.5. The Bertz CT molecular complexity index is 570. The van der Waals surface area contributed by atoms with E-state index in [-0.39, 0.29) is 0 Å². The van der Waals surface area contributed by atoms with Gasteiger partial charge in [0.15, 0.2) is 0 Å². The molecule has 3 rings (SSSR count). The Morgan fingerprint density at radius 3 is 2.76 bits per heavy atom. The van der Waals surface area contributed by atoms with Crippen LogP contribution in [0.2, 0.25) is 0 Å². The Morgan fingerprint density at radius 2 is 1.95 bits per heavy atom. The smallest absolute Gasteiger partial charge is 0.121 e. The van der Waals surface area contributed by atoms with Gasteiger partial charge >= 0.3 is 0 Å². The molecule has 21 heavy (non-hydrogen) atoms. The topological polar surface area (TPSA) is 38.5 Å². The molecule has 1 fully saturated rings. The molecule has 3 heteroatoms. The first-order chi connectivity index (χ1) is 10.3. The minimum atomic E-state index is 0.538. The van der Waals surface area contributed by atoms with Crippen molar-refractivity contribution in [3.05, 3.63) is 60.2 Å².